The highest BCUT2D eigenvalue weighted by molar-refractivity contribution is 5.70. The summed E-state index contributed by atoms with van der Waals surface area (Å²) in [5, 5.41) is 0. The number of carbonyl (C=O) groups excluding carboxylic acids is 2. The van der Waals surface area contributed by atoms with Crippen LogP contribution in [0.2, 0.25) is 0 Å². The molecule has 1 atom stereocenters. The fourth-order valence-corrected chi connectivity index (χ4v) is 6.33. The Bertz CT molecular complexity index is 1090. The molecule has 5 heteroatoms. The number of ether oxygens (including phenoxy) is 3. The Labute approximate surface area is 359 Å². The Morgan fingerprint density at radius 3 is 1.28 bits per heavy atom. The van der Waals surface area contributed by atoms with Crippen molar-refractivity contribution in [3.05, 3.63) is 85.1 Å². The summed E-state index contributed by atoms with van der Waals surface area (Å²) in [5.41, 5.74) is 0. The Morgan fingerprint density at radius 1 is 0.397 bits per heavy atom. The van der Waals surface area contributed by atoms with E-state index in [0.29, 0.717) is 19.4 Å². The Kier molecular flexibility index (Phi) is 46.0. The lowest BCUT2D eigenvalue weighted by atomic mass is 10.1. The lowest BCUT2D eigenvalue weighted by Crippen LogP contribution is -2.30. The van der Waals surface area contributed by atoms with Crippen LogP contribution in [-0.2, 0) is 23.8 Å². The smallest absolute Gasteiger partial charge is 0.306 e. The summed E-state index contributed by atoms with van der Waals surface area (Å²) in [6, 6.07) is 0. The predicted molar refractivity (Wildman–Crippen MR) is 251 cm³/mol. The third kappa shape index (κ3) is 45.8. The zero-order valence-electron chi connectivity index (χ0n) is 38.0. The summed E-state index contributed by atoms with van der Waals surface area (Å²) in [5.74, 6) is -0.439. The molecule has 0 saturated carbocycles. The molecular weight excluding hydrogens is 717 g/mol. The summed E-state index contributed by atoms with van der Waals surface area (Å²) in [7, 11) is 0. The molecule has 0 spiro atoms. The van der Waals surface area contributed by atoms with Crippen molar-refractivity contribution in [2.75, 3.05) is 19.8 Å². The molecule has 0 bridgehead atoms. The molecule has 0 aromatic carbocycles. The lowest BCUT2D eigenvalue weighted by Gasteiger charge is -2.18. The number of unbranched alkanes of at least 4 members (excludes halogenated alkanes) is 18. The van der Waals surface area contributed by atoms with Gasteiger partial charge in [0.1, 0.15) is 6.61 Å². The van der Waals surface area contributed by atoms with Gasteiger partial charge in [0.2, 0.25) is 0 Å². The first-order valence-electron chi connectivity index (χ1n) is 24.1. The highest BCUT2D eigenvalue weighted by atomic mass is 16.6. The van der Waals surface area contributed by atoms with E-state index in [1.54, 1.807) is 0 Å². The molecule has 0 saturated heterocycles. The summed E-state index contributed by atoms with van der Waals surface area (Å²) < 4.78 is 17.2. The van der Waals surface area contributed by atoms with Crippen LogP contribution in [0.4, 0.5) is 0 Å². The van der Waals surface area contributed by atoms with Crippen LogP contribution in [0.5, 0.6) is 0 Å². The Morgan fingerprint density at radius 2 is 0.776 bits per heavy atom. The quantitative estimate of drug-likeness (QED) is 0.0349. The maximum Gasteiger partial charge on any atom is 0.306 e. The van der Waals surface area contributed by atoms with Crippen molar-refractivity contribution in [1.29, 1.82) is 0 Å². The fourth-order valence-electron chi connectivity index (χ4n) is 6.33. The monoisotopic (exact) mass is 807 g/mol. The van der Waals surface area contributed by atoms with Gasteiger partial charge in [0.25, 0.3) is 0 Å². The Balaban J connectivity index is 4.11. The predicted octanol–water partition coefficient (Wildman–Crippen LogP) is 16.1. The zero-order chi connectivity index (χ0) is 42.1. The van der Waals surface area contributed by atoms with E-state index in [2.05, 4.69) is 106 Å². The minimum absolute atomic E-state index is 0.0667. The van der Waals surface area contributed by atoms with Gasteiger partial charge in [-0.25, -0.2) is 0 Å². The van der Waals surface area contributed by atoms with Crippen LogP contribution in [0.15, 0.2) is 85.1 Å². The summed E-state index contributed by atoms with van der Waals surface area (Å²) in [4.78, 5) is 25.1. The van der Waals surface area contributed by atoms with Gasteiger partial charge in [-0.2, -0.15) is 0 Å². The van der Waals surface area contributed by atoms with Crippen LogP contribution in [-0.4, -0.2) is 37.9 Å². The van der Waals surface area contributed by atoms with Gasteiger partial charge in [-0.3, -0.25) is 9.59 Å². The second-order valence-corrected chi connectivity index (χ2v) is 15.6. The first-order valence-corrected chi connectivity index (χ1v) is 24.1. The van der Waals surface area contributed by atoms with Crippen LogP contribution in [0, 0.1) is 0 Å². The standard InChI is InChI=1S/C53H90O5/c1-4-7-10-13-15-17-19-21-23-25-27-28-30-32-34-36-38-41-43-46-52(54)57-50-51(58-53(55)47-44-40-12-9-6-3)49-56-48-45-42-39-37-35-33-31-29-26-24-22-20-18-16-14-11-8-5-2/h8,11,15-18,21-24,27-29,31,51H,4-7,9-10,12-14,19-20,25-26,30,32-50H2,1-3H3/b11-8-,17-15-,18-16-,23-21-,24-22-,28-27-,31-29-. The molecular formula is C53H90O5. The summed E-state index contributed by atoms with van der Waals surface area (Å²) >= 11 is 0. The van der Waals surface area contributed by atoms with Crippen molar-refractivity contribution in [3.63, 3.8) is 0 Å². The van der Waals surface area contributed by atoms with E-state index in [4.69, 9.17) is 14.2 Å². The van der Waals surface area contributed by atoms with Gasteiger partial charge in [0.15, 0.2) is 6.10 Å². The molecule has 0 aliphatic heterocycles. The van der Waals surface area contributed by atoms with E-state index in [-0.39, 0.29) is 25.2 Å². The van der Waals surface area contributed by atoms with Crippen LogP contribution in [0.25, 0.3) is 0 Å². The molecule has 0 fully saturated rings. The van der Waals surface area contributed by atoms with Crippen LogP contribution in [0.1, 0.15) is 213 Å². The third-order valence-electron chi connectivity index (χ3n) is 9.92. The zero-order valence-corrected chi connectivity index (χ0v) is 38.0. The Hall–Kier alpha value is -2.92. The van der Waals surface area contributed by atoms with Crippen molar-refractivity contribution in [3.8, 4) is 0 Å². The van der Waals surface area contributed by atoms with E-state index in [9.17, 15) is 9.59 Å². The second kappa shape index (κ2) is 48.4. The van der Waals surface area contributed by atoms with Crippen molar-refractivity contribution in [1.82, 2.24) is 0 Å². The van der Waals surface area contributed by atoms with Gasteiger partial charge in [-0.1, -0.05) is 189 Å². The van der Waals surface area contributed by atoms with Gasteiger partial charge in [0.05, 0.1) is 6.61 Å². The van der Waals surface area contributed by atoms with Crippen LogP contribution >= 0.6 is 0 Å². The van der Waals surface area contributed by atoms with Crippen LogP contribution < -0.4 is 0 Å². The molecule has 0 heterocycles. The van der Waals surface area contributed by atoms with Crippen molar-refractivity contribution < 1.29 is 23.8 Å². The highest BCUT2D eigenvalue weighted by Crippen LogP contribution is 2.12. The largest absolute Gasteiger partial charge is 0.462 e. The lowest BCUT2D eigenvalue weighted by molar-refractivity contribution is -0.163. The molecule has 5 nitrogen and oxygen atoms in total. The number of esters is 2. The molecule has 0 aromatic heterocycles. The maximum atomic E-state index is 12.6. The first-order chi connectivity index (χ1) is 28.6. The number of rotatable bonds is 43. The maximum absolute atomic E-state index is 12.6. The molecule has 58 heavy (non-hydrogen) atoms. The van der Waals surface area contributed by atoms with E-state index < -0.39 is 6.10 Å². The van der Waals surface area contributed by atoms with Gasteiger partial charge >= 0.3 is 11.9 Å². The first kappa shape index (κ1) is 55.1. The topological polar surface area (TPSA) is 61.8 Å². The number of hydrogen-bond acceptors (Lipinski definition) is 5. The van der Waals surface area contributed by atoms with Gasteiger partial charge in [-0.15, -0.1) is 0 Å². The molecule has 0 amide bonds. The summed E-state index contributed by atoms with van der Waals surface area (Å²) in [6.45, 7) is 7.55. The molecule has 0 N–H and O–H groups in total. The second-order valence-electron chi connectivity index (χ2n) is 15.6. The molecule has 1 unspecified atom stereocenters. The molecule has 0 aliphatic rings. The fraction of sp³-hybridized carbons (Fsp3) is 0.698. The van der Waals surface area contributed by atoms with E-state index in [1.807, 2.05) is 0 Å². The van der Waals surface area contributed by atoms with Gasteiger partial charge in [0, 0.05) is 19.4 Å². The SMILES string of the molecule is CC/C=C\C/C=C\C/C=C\C/C=C\CCCCCCCOCC(COC(=O)CCCCCCCC/C=C\C/C=C\C/C=C\CCCCC)OC(=O)CCCCCCC. The minimum Gasteiger partial charge on any atom is -0.462 e. The molecule has 0 radical (unpaired) electrons. The van der Waals surface area contributed by atoms with Gasteiger partial charge in [-0.05, 0) is 96.3 Å². The average molecular weight is 807 g/mol. The van der Waals surface area contributed by atoms with Gasteiger partial charge < -0.3 is 14.2 Å². The van der Waals surface area contributed by atoms with E-state index >= 15 is 0 Å². The third-order valence-corrected chi connectivity index (χ3v) is 9.92. The van der Waals surface area contributed by atoms with Crippen molar-refractivity contribution in [2.45, 2.75) is 219 Å². The minimum atomic E-state index is -0.550. The van der Waals surface area contributed by atoms with Crippen LogP contribution in [0.3, 0.4) is 0 Å². The highest BCUT2D eigenvalue weighted by Gasteiger charge is 2.17. The normalized spacial score (nSPS) is 12.9. The van der Waals surface area contributed by atoms with Crippen molar-refractivity contribution >= 4 is 11.9 Å². The average Bonchev–Trinajstić information content (AvgIpc) is 3.22. The number of carbonyl (C=O) groups is 2. The van der Waals surface area contributed by atoms with Crippen molar-refractivity contribution in [2.24, 2.45) is 0 Å². The molecule has 332 valence electrons. The summed E-state index contributed by atoms with van der Waals surface area (Å²) in [6.07, 6.45) is 63.3. The number of hydrogen-bond donors (Lipinski definition) is 0. The van der Waals surface area contributed by atoms with E-state index in [1.165, 1.54) is 77.0 Å². The molecule has 0 aliphatic carbocycles. The molecule has 0 rings (SSSR count). The number of allylic oxidation sites excluding steroid dienone is 14. The molecule has 0 aromatic rings. The van der Waals surface area contributed by atoms with E-state index in [0.717, 1.165) is 103 Å².